The van der Waals surface area contributed by atoms with Crippen molar-refractivity contribution in [3.63, 3.8) is 0 Å². The quantitative estimate of drug-likeness (QED) is 0.0561. The zero-order valence-electron chi connectivity index (χ0n) is 40.0. The summed E-state index contributed by atoms with van der Waals surface area (Å²) >= 11 is 2.87. The summed E-state index contributed by atoms with van der Waals surface area (Å²) in [6.07, 6.45) is 13.4. The third-order valence-electron chi connectivity index (χ3n) is 12.1. The predicted molar refractivity (Wildman–Crippen MR) is 306 cm³/mol. The summed E-state index contributed by atoms with van der Waals surface area (Å²) in [5, 5.41) is 36.8. The first-order valence-electron chi connectivity index (χ1n) is 23.5. The minimum Gasteiger partial charge on any atom is -0.477 e. The van der Waals surface area contributed by atoms with Crippen LogP contribution in [0.25, 0.3) is 69.0 Å². The average Bonchev–Trinajstić information content (AvgIpc) is 4.12. The van der Waals surface area contributed by atoms with Gasteiger partial charge in [-0.3, -0.25) is 0 Å². The smallest absolute Gasteiger partial charge is 0.346 e. The summed E-state index contributed by atoms with van der Waals surface area (Å²) in [4.78, 5) is 28.2. The lowest BCUT2D eigenvalue weighted by atomic mass is 9.95. The number of hydrogen-bond acceptors (Lipinski definition) is 7. The Hall–Kier alpha value is -9.64. The zero-order valence-corrected chi connectivity index (χ0v) is 41.6. The number of rotatable bonds is 16. The Labute approximate surface area is 438 Å². The van der Waals surface area contributed by atoms with Gasteiger partial charge in [0.1, 0.15) is 23.3 Å². The van der Waals surface area contributed by atoms with Gasteiger partial charge in [-0.2, -0.15) is 10.5 Å². The van der Waals surface area contributed by atoms with Gasteiger partial charge in [0.25, 0.3) is 0 Å². The Kier molecular flexibility index (Phi) is 15.4. The number of thiophene rings is 2. The highest BCUT2D eigenvalue weighted by Gasteiger charge is 2.15. The van der Waals surface area contributed by atoms with Gasteiger partial charge in [-0.25, -0.2) is 9.59 Å². The van der Waals surface area contributed by atoms with Gasteiger partial charge in [-0.1, -0.05) is 169 Å². The molecular weight excluding hydrogens is 951 g/mol. The van der Waals surface area contributed by atoms with Crippen molar-refractivity contribution in [2.75, 3.05) is 4.90 Å². The van der Waals surface area contributed by atoms with Crippen LogP contribution in [0.15, 0.2) is 211 Å². The van der Waals surface area contributed by atoms with Crippen LogP contribution in [0.1, 0.15) is 54.3 Å². The zero-order chi connectivity index (χ0) is 51.4. The molecule has 9 rings (SSSR count). The van der Waals surface area contributed by atoms with Gasteiger partial charge in [0.15, 0.2) is 0 Å². The highest BCUT2D eigenvalue weighted by Crippen LogP contribution is 2.38. The Bertz CT molecular complexity index is 3520. The van der Waals surface area contributed by atoms with Gasteiger partial charge in [0.2, 0.25) is 0 Å². The van der Waals surface area contributed by atoms with Crippen LogP contribution >= 0.6 is 22.7 Å². The number of hydrogen-bond donors (Lipinski definition) is 2. The molecule has 0 saturated carbocycles. The van der Waals surface area contributed by atoms with E-state index in [9.17, 15) is 19.8 Å². The molecule has 2 heterocycles. The summed E-state index contributed by atoms with van der Waals surface area (Å²) in [5.41, 5.74) is 14.3. The first-order valence-corrected chi connectivity index (χ1v) is 25.1. The number of aliphatic carboxylic acids is 2. The van der Waals surface area contributed by atoms with Gasteiger partial charge >= 0.3 is 11.9 Å². The number of nitrogens with zero attached hydrogens (tertiary/aromatic N) is 3. The Morgan fingerprint density at radius 1 is 0.432 bits per heavy atom. The molecule has 7 nitrogen and oxygen atoms in total. The van der Waals surface area contributed by atoms with E-state index in [1.54, 1.807) is 12.1 Å². The van der Waals surface area contributed by atoms with E-state index >= 15 is 0 Å². The predicted octanol–water partition coefficient (Wildman–Crippen LogP) is 16.8. The van der Waals surface area contributed by atoms with Crippen LogP contribution in [0.3, 0.4) is 0 Å². The fourth-order valence-corrected chi connectivity index (χ4v) is 10.0. The van der Waals surface area contributed by atoms with Crippen molar-refractivity contribution < 1.29 is 19.8 Å². The molecule has 9 aromatic rings. The van der Waals surface area contributed by atoms with E-state index in [0.29, 0.717) is 9.75 Å². The Morgan fingerprint density at radius 3 is 1.19 bits per heavy atom. The third-order valence-corrected chi connectivity index (χ3v) is 14.2. The lowest BCUT2D eigenvalue weighted by Gasteiger charge is -2.26. The number of carboxylic acids is 2. The van der Waals surface area contributed by atoms with E-state index < -0.39 is 11.9 Å². The largest absolute Gasteiger partial charge is 0.477 e. The number of nitriles is 2. The first kappa shape index (κ1) is 49.3. The van der Waals surface area contributed by atoms with E-state index in [-0.39, 0.29) is 11.1 Å². The van der Waals surface area contributed by atoms with Gasteiger partial charge in [-0.15, -0.1) is 22.7 Å². The molecule has 0 bridgehead atoms. The van der Waals surface area contributed by atoms with Crippen molar-refractivity contribution >= 4 is 99.8 Å². The lowest BCUT2D eigenvalue weighted by molar-refractivity contribution is -0.133. The van der Waals surface area contributed by atoms with Crippen LogP contribution in [-0.2, 0) is 9.59 Å². The average molecular weight is 996 g/mol. The molecule has 0 aliphatic carbocycles. The van der Waals surface area contributed by atoms with E-state index in [1.807, 2.05) is 54.6 Å². The van der Waals surface area contributed by atoms with Crippen LogP contribution in [0.4, 0.5) is 17.1 Å². The number of anilines is 3. The highest BCUT2D eigenvalue weighted by atomic mass is 32.1. The fraction of sp³-hybridized carbons (Fsp3) is 0.0154. The molecule has 0 spiro atoms. The van der Waals surface area contributed by atoms with Gasteiger partial charge in [0.05, 0.1) is 0 Å². The monoisotopic (exact) mass is 995 g/mol. The molecule has 0 saturated heterocycles. The molecule has 7 aromatic carbocycles. The molecule has 356 valence electrons. The second kappa shape index (κ2) is 23.1. The molecular formula is C65H45N3O4S2. The van der Waals surface area contributed by atoms with Crippen LogP contribution in [0.5, 0.6) is 0 Å². The van der Waals surface area contributed by atoms with E-state index in [0.717, 1.165) is 82.5 Å². The molecule has 2 aromatic heterocycles. The molecule has 74 heavy (non-hydrogen) atoms. The maximum Gasteiger partial charge on any atom is 0.346 e. The standard InChI is InChI=1S/C65H45N3O4S2/c1-44-7-9-49(10-8-44)39-61(50-5-3-2-4-6-50)51-27-33-58(34-28-51)68(56-29-19-47(20-30-56)13-11-45-15-23-52(24-16-45)62-37-35-59(73-62)40-54(42-66)64(69)70)57-31-21-48(22-32-57)14-12-46-17-25-53(26-18-46)63-38-36-60(74-63)41-55(43-67)65(71)72/h2-41H,1H3,(H,69,70)(H,71,72)/b13-11+,14-12+,54-40-,55-41+,61-39+. The van der Waals surface area contributed by atoms with Crippen molar-refractivity contribution in [3.8, 4) is 33.0 Å². The summed E-state index contributed by atoms with van der Waals surface area (Å²) in [6, 6.07) is 72.2. The molecule has 0 aliphatic heterocycles. The summed E-state index contributed by atoms with van der Waals surface area (Å²) < 4.78 is 0. The molecule has 0 aliphatic rings. The molecule has 0 unspecified atom stereocenters. The normalized spacial score (nSPS) is 11.9. The third kappa shape index (κ3) is 12.3. The van der Waals surface area contributed by atoms with Crippen molar-refractivity contribution in [1.82, 2.24) is 0 Å². The SMILES string of the molecule is Cc1ccc(/C=C(\c2ccccc2)c2ccc(N(c3ccc(/C=C/c4ccc(-c5ccc(/C=C(/C#N)C(=O)O)s5)cc4)cc3)c3ccc(/C=C/c4ccc(-c5ccc(/C=C(\C#N)C(=O)O)s5)cc4)cc3)cc2)cc1. The minimum atomic E-state index is -1.24. The van der Waals surface area contributed by atoms with Crippen molar-refractivity contribution in [3.05, 3.63) is 266 Å². The number of carboxylic acid groups (broad SMARTS) is 2. The van der Waals surface area contributed by atoms with Gasteiger partial charge in [-0.05, 0) is 141 Å². The summed E-state index contributed by atoms with van der Waals surface area (Å²) in [7, 11) is 0. The highest BCUT2D eigenvalue weighted by molar-refractivity contribution is 7.16. The number of benzene rings is 7. The fourth-order valence-electron chi connectivity index (χ4n) is 8.13. The number of aryl methyl sites for hydroxylation is 1. The molecule has 0 radical (unpaired) electrons. The Morgan fingerprint density at radius 2 is 0.797 bits per heavy atom. The van der Waals surface area contributed by atoms with Crippen molar-refractivity contribution in [2.45, 2.75) is 6.92 Å². The Balaban J connectivity index is 0.963. The lowest BCUT2D eigenvalue weighted by Crippen LogP contribution is -2.10. The minimum absolute atomic E-state index is 0.297. The summed E-state index contributed by atoms with van der Waals surface area (Å²) in [5.74, 6) is -2.48. The number of carbonyl (C=O) groups is 2. The maximum atomic E-state index is 11.3. The second-order valence-corrected chi connectivity index (χ2v) is 19.4. The maximum absolute atomic E-state index is 11.3. The van der Waals surface area contributed by atoms with Gasteiger partial charge in [0, 0.05) is 36.6 Å². The molecule has 0 amide bonds. The van der Waals surface area contributed by atoms with Crippen molar-refractivity contribution in [2.24, 2.45) is 0 Å². The molecule has 2 N–H and O–H groups in total. The molecule has 0 atom stereocenters. The van der Waals surface area contributed by atoms with Crippen molar-refractivity contribution in [1.29, 1.82) is 10.5 Å². The van der Waals surface area contributed by atoms with Crippen LogP contribution < -0.4 is 4.90 Å². The van der Waals surface area contributed by atoms with Gasteiger partial charge < -0.3 is 15.1 Å². The molecule has 0 fully saturated rings. The van der Waals surface area contributed by atoms with E-state index in [1.165, 1.54) is 40.4 Å². The van der Waals surface area contributed by atoms with Crippen LogP contribution in [0, 0.1) is 29.6 Å². The second-order valence-electron chi connectivity index (χ2n) is 17.2. The van der Waals surface area contributed by atoms with Crippen LogP contribution in [0.2, 0.25) is 0 Å². The van der Waals surface area contributed by atoms with E-state index in [2.05, 4.69) is 188 Å². The van der Waals surface area contributed by atoms with E-state index in [4.69, 9.17) is 10.5 Å². The summed E-state index contributed by atoms with van der Waals surface area (Å²) in [6.45, 7) is 2.10. The molecule has 9 heteroatoms. The topological polar surface area (TPSA) is 125 Å². The van der Waals surface area contributed by atoms with Crippen LogP contribution in [-0.4, -0.2) is 22.2 Å². The first-order chi connectivity index (χ1) is 36.1.